The molecule has 18 atom stereocenters. The number of methoxy groups -OCH3 is 1. The number of rotatable bonds is 16. The standard InChI is InChI=1S/C53H89N9O11/c1-14-42-53(10,67)47(64)36(6)60(12)30-32(2)28-51(8,66)48(34(4)45(35(5)49(65)71-42)72-43-29-52(9,68-13)46(54)37(7)70-43)73-50-44(63)41(27-33(3)69-50)59(11)25-22-39-31-61(58-56-39)24-16-15-17-38-18-20-40(21-19-38)62-26-23-55-57-62/h18-21,23,26,31-37,41-48,50,63-64,66-67H,14-17,22,24-25,27-30,54H2,1-13H3/t32-,33-,34+,35-,36-,37+,41+,42-,43+,44-,45+,46+,47-,48-,50+,51-,52-,53-/m1/s1. The maximum Gasteiger partial charge on any atom is 0.311 e. The van der Waals surface area contributed by atoms with Gasteiger partial charge in [0.2, 0.25) is 0 Å². The zero-order chi connectivity index (χ0) is 53.6. The monoisotopic (exact) mass is 1030 g/mol. The number of ether oxygens (including phenoxy) is 6. The third-order valence-corrected chi connectivity index (χ3v) is 16.3. The van der Waals surface area contributed by atoms with Crippen LogP contribution in [0.15, 0.2) is 42.9 Å². The number of nitrogens with zero attached hydrogens (tertiary/aromatic N) is 8. The van der Waals surface area contributed by atoms with E-state index in [4.69, 9.17) is 34.2 Å². The van der Waals surface area contributed by atoms with Gasteiger partial charge in [-0.3, -0.25) is 9.48 Å². The minimum absolute atomic E-state index is 0.172. The van der Waals surface area contributed by atoms with Crippen molar-refractivity contribution in [2.45, 2.75) is 217 Å². The van der Waals surface area contributed by atoms with E-state index < -0.39 is 95.9 Å². The van der Waals surface area contributed by atoms with E-state index in [1.54, 1.807) is 38.8 Å². The number of esters is 1. The van der Waals surface area contributed by atoms with Gasteiger partial charge in [0.1, 0.15) is 23.9 Å². The van der Waals surface area contributed by atoms with Gasteiger partial charge in [-0.05, 0) is 125 Å². The van der Waals surface area contributed by atoms with Gasteiger partial charge in [0.15, 0.2) is 12.6 Å². The van der Waals surface area contributed by atoms with Crippen LogP contribution in [-0.4, -0.2) is 191 Å². The molecule has 3 saturated heterocycles. The Hall–Kier alpha value is -3.51. The molecule has 20 heteroatoms. The quantitative estimate of drug-likeness (QED) is 0.101. The third-order valence-electron chi connectivity index (χ3n) is 16.3. The van der Waals surface area contributed by atoms with E-state index >= 15 is 0 Å². The highest BCUT2D eigenvalue weighted by atomic mass is 16.7. The second-order valence-corrected chi connectivity index (χ2v) is 22.5. The van der Waals surface area contributed by atoms with Crippen molar-refractivity contribution in [3.05, 3.63) is 54.1 Å². The molecule has 3 aromatic rings. The van der Waals surface area contributed by atoms with Crippen molar-refractivity contribution < 1.29 is 53.6 Å². The molecule has 0 bridgehead atoms. The lowest BCUT2D eigenvalue weighted by molar-refractivity contribution is -0.311. The van der Waals surface area contributed by atoms with Crippen LogP contribution >= 0.6 is 0 Å². The average Bonchev–Trinajstić information content (AvgIpc) is 4.06. The van der Waals surface area contributed by atoms with Crippen molar-refractivity contribution >= 4 is 5.97 Å². The zero-order valence-corrected chi connectivity index (χ0v) is 45.8. The first-order valence-corrected chi connectivity index (χ1v) is 26.6. The normalized spacial score (nSPS) is 38.7. The summed E-state index contributed by atoms with van der Waals surface area (Å²) in [5.41, 5.74) is 5.40. The number of unbranched alkanes of at least 4 members (excludes halogenated alkanes) is 1. The van der Waals surface area contributed by atoms with Gasteiger partial charge in [0.05, 0.1) is 71.4 Å². The fourth-order valence-corrected chi connectivity index (χ4v) is 11.5. The number of aliphatic hydroxyl groups is 4. The molecule has 6 N–H and O–H groups in total. The average molecular weight is 1030 g/mol. The lowest BCUT2D eigenvalue weighted by atomic mass is 9.77. The molecular formula is C53H89N9O11. The molecule has 1 aromatic carbocycles. The SMILES string of the molecule is CC[C@H]1OC(=O)[C@H](C)[C@@H](O[C@H]2C[C@@](C)(OC)[C@@H](N)[C@H](C)O2)[C@H](C)[C@@H](O[C@@H]2O[C@H](C)C[C@H](N(C)CCc3cn(CCCCc4ccc(-n5ccnn5)cc4)nn3)[C@H]2O)[C@](C)(O)C[C@@H](C)CN(C)[C@H](C)[C@@H](O)[C@]1(C)O. The Labute approximate surface area is 433 Å². The molecule has 0 aliphatic carbocycles. The smallest absolute Gasteiger partial charge is 0.311 e. The summed E-state index contributed by atoms with van der Waals surface area (Å²) in [6.45, 7) is 19.8. The van der Waals surface area contributed by atoms with E-state index in [0.29, 0.717) is 25.9 Å². The highest BCUT2D eigenvalue weighted by Crippen LogP contribution is 2.40. The molecule has 5 heterocycles. The Morgan fingerprint density at radius 1 is 0.959 bits per heavy atom. The summed E-state index contributed by atoms with van der Waals surface area (Å²) in [4.78, 5) is 18.5. The molecular weight excluding hydrogens is 939 g/mol. The zero-order valence-electron chi connectivity index (χ0n) is 45.8. The second-order valence-electron chi connectivity index (χ2n) is 22.5. The summed E-state index contributed by atoms with van der Waals surface area (Å²) in [7, 11) is 5.41. The number of cyclic esters (lactones) is 1. The molecule has 0 saturated carbocycles. The molecule has 0 spiro atoms. The number of aliphatic hydroxyl groups excluding tert-OH is 2. The van der Waals surface area contributed by atoms with E-state index in [-0.39, 0.29) is 37.3 Å². The highest BCUT2D eigenvalue weighted by molar-refractivity contribution is 5.73. The van der Waals surface area contributed by atoms with E-state index in [1.165, 1.54) is 12.5 Å². The first-order valence-electron chi connectivity index (χ1n) is 26.6. The molecule has 3 aliphatic heterocycles. The molecule has 6 rings (SSSR count). The van der Waals surface area contributed by atoms with Crippen LogP contribution in [0, 0.1) is 17.8 Å². The fourth-order valence-electron chi connectivity index (χ4n) is 11.5. The molecule has 2 aromatic heterocycles. The Bertz CT molecular complexity index is 2150. The topological polar surface area (TPSA) is 247 Å². The van der Waals surface area contributed by atoms with Gasteiger partial charge in [0, 0.05) is 63.8 Å². The van der Waals surface area contributed by atoms with Crippen molar-refractivity contribution in [1.82, 2.24) is 39.8 Å². The summed E-state index contributed by atoms with van der Waals surface area (Å²) >= 11 is 0. The number of hydrogen-bond donors (Lipinski definition) is 5. The highest BCUT2D eigenvalue weighted by Gasteiger charge is 2.52. The summed E-state index contributed by atoms with van der Waals surface area (Å²) in [6.07, 6.45) is 1.64. The van der Waals surface area contributed by atoms with Crippen molar-refractivity contribution in [1.29, 1.82) is 0 Å². The van der Waals surface area contributed by atoms with E-state index in [9.17, 15) is 25.2 Å². The number of hydrogen-bond acceptors (Lipinski definition) is 18. The van der Waals surface area contributed by atoms with Gasteiger partial charge >= 0.3 is 5.97 Å². The first-order chi connectivity index (χ1) is 34.4. The summed E-state index contributed by atoms with van der Waals surface area (Å²) < 4.78 is 42.3. The van der Waals surface area contributed by atoms with Gasteiger partial charge in [-0.15, -0.1) is 10.2 Å². The number of carbonyl (C=O) groups is 1. The lowest BCUT2D eigenvalue weighted by Crippen LogP contribution is -2.62. The van der Waals surface area contributed by atoms with Crippen molar-refractivity contribution in [2.75, 3.05) is 34.3 Å². The Balaban J connectivity index is 1.19. The molecule has 73 heavy (non-hydrogen) atoms. The van der Waals surface area contributed by atoms with Crippen molar-refractivity contribution in [3.8, 4) is 5.69 Å². The number of likely N-dealkylation sites (N-methyl/N-ethyl adjacent to an activating group) is 2. The number of aromatic nitrogens is 6. The minimum Gasteiger partial charge on any atom is -0.459 e. The maximum absolute atomic E-state index is 14.5. The van der Waals surface area contributed by atoms with Gasteiger partial charge in [0.25, 0.3) is 0 Å². The number of carbonyl (C=O) groups excluding carboxylic acids is 1. The van der Waals surface area contributed by atoms with Crippen LogP contribution < -0.4 is 5.73 Å². The van der Waals surface area contributed by atoms with Gasteiger partial charge in [-0.2, -0.15) is 0 Å². The molecule has 3 fully saturated rings. The Morgan fingerprint density at radius 3 is 2.33 bits per heavy atom. The lowest BCUT2D eigenvalue weighted by Gasteiger charge is -2.49. The fraction of sp³-hybridized carbons (Fsp3) is 0.792. The molecule has 20 nitrogen and oxygen atoms in total. The molecule has 0 amide bonds. The molecule has 3 aliphatic rings. The predicted molar refractivity (Wildman–Crippen MR) is 273 cm³/mol. The Kier molecular flexibility index (Phi) is 20.2. The van der Waals surface area contributed by atoms with Crippen LogP contribution in [0.3, 0.4) is 0 Å². The van der Waals surface area contributed by atoms with Gasteiger partial charge < -0.3 is 64.4 Å². The number of benzene rings is 1. The summed E-state index contributed by atoms with van der Waals surface area (Å²) in [6, 6.07) is 6.93. The molecule has 412 valence electrons. The Morgan fingerprint density at radius 2 is 1.67 bits per heavy atom. The number of aryl methyl sites for hydroxylation is 2. The summed E-state index contributed by atoms with van der Waals surface area (Å²) in [5, 5.41) is 65.5. The van der Waals surface area contributed by atoms with Gasteiger partial charge in [-0.25, -0.2) is 4.68 Å². The largest absolute Gasteiger partial charge is 0.459 e. The molecule has 0 radical (unpaired) electrons. The summed E-state index contributed by atoms with van der Waals surface area (Å²) in [5.74, 6) is -2.64. The van der Waals surface area contributed by atoms with E-state index in [2.05, 4.69) is 37.7 Å². The van der Waals surface area contributed by atoms with E-state index in [0.717, 1.165) is 37.2 Å². The maximum atomic E-state index is 14.5. The third kappa shape index (κ3) is 14.3. The second kappa shape index (κ2) is 25.1. The van der Waals surface area contributed by atoms with Crippen LogP contribution in [0.1, 0.15) is 119 Å². The van der Waals surface area contributed by atoms with Crippen LogP contribution in [0.5, 0.6) is 0 Å². The van der Waals surface area contributed by atoms with Crippen LogP contribution in [-0.2, 0) is 52.6 Å². The minimum atomic E-state index is -1.82. The van der Waals surface area contributed by atoms with Crippen molar-refractivity contribution in [2.24, 2.45) is 23.5 Å². The number of nitrogens with two attached hydrogens (primary N) is 1. The first kappa shape index (κ1) is 58.7. The van der Waals surface area contributed by atoms with Crippen LogP contribution in [0.4, 0.5) is 0 Å². The van der Waals surface area contributed by atoms with Crippen LogP contribution in [0.2, 0.25) is 0 Å². The molecule has 0 unspecified atom stereocenters. The van der Waals surface area contributed by atoms with Crippen molar-refractivity contribution in [3.63, 3.8) is 0 Å². The van der Waals surface area contributed by atoms with E-state index in [1.807, 2.05) is 89.7 Å². The van der Waals surface area contributed by atoms with Gasteiger partial charge in [-0.1, -0.05) is 43.3 Å². The predicted octanol–water partition coefficient (Wildman–Crippen LogP) is 3.68. The van der Waals surface area contributed by atoms with Crippen LogP contribution in [0.25, 0.3) is 5.69 Å².